The summed E-state index contributed by atoms with van der Waals surface area (Å²) >= 11 is 0. The van der Waals surface area contributed by atoms with Crippen LogP contribution in [-0.2, 0) is 28.9 Å². The highest BCUT2D eigenvalue weighted by molar-refractivity contribution is 7.27. The zero-order chi connectivity index (χ0) is 26.8. The molecule has 206 valence electrons. The number of hydrogen-bond donors (Lipinski definition) is 0. The maximum absolute atomic E-state index is 6.14. The molecule has 2 aromatic carbocycles. The molecule has 0 bridgehead atoms. The molecule has 39 heavy (non-hydrogen) atoms. The van der Waals surface area contributed by atoms with Gasteiger partial charge in [0.2, 0.25) is 0 Å². The molecule has 0 amide bonds. The molecular formula is C34H43N2O2P. The number of rotatable bonds is 7. The number of fused-ring (bicyclic) bond motifs is 2. The van der Waals surface area contributed by atoms with Crippen LogP contribution in [0.5, 0.6) is 0 Å². The van der Waals surface area contributed by atoms with E-state index < -0.39 is 0 Å². The fourth-order valence-electron chi connectivity index (χ4n) is 6.83. The van der Waals surface area contributed by atoms with Gasteiger partial charge in [-0.15, -0.1) is 9.24 Å². The Morgan fingerprint density at radius 1 is 0.949 bits per heavy atom. The van der Waals surface area contributed by atoms with E-state index in [1.165, 1.54) is 59.9 Å². The lowest BCUT2D eigenvalue weighted by molar-refractivity contribution is 0.0578. The summed E-state index contributed by atoms with van der Waals surface area (Å²) < 4.78 is 12.2. The van der Waals surface area contributed by atoms with E-state index in [0.29, 0.717) is 25.3 Å². The first-order valence-electron chi connectivity index (χ1n) is 14.8. The molecule has 0 saturated carbocycles. The van der Waals surface area contributed by atoms with Crippen LogP contribution in [0.2, 0.25) is 0 Å². The predicted molar refractivity (Wildman–Crippen MR) is 163 cm³/mol. The zero-order valence-electron chi connectivity index (χ0n) is 23.6. The largest absolute Gasteiger partial charge is 0.486 e. The van der Waals surface area contributed by atoms with Crippen LogP contribution in [0.4, 0.5) is 0 Å². The van der Waals surface area contributed by atoms with Crippen LogP contribution in [0.25, 0.3) is 0 Å². The number of nitrogens with zero attached hydrogens (tertiary/aromatic N) is 2. The maximum atomic E-state index is 6.14. The van der Waals surface area contributed by atoms with Crippen molar-refractivity contribution in [3.63, 3.8) is 0 Å². The molecule has 2 fully saturated rings. The Hall–Kier alpha value is -2.55. The summed E-state index contributed by atoms with van der Waals surface area (Å²) in [7, 11) is 2.87. The zero-order valence-corrected chi connectivity index (χ0v) is 24.7. The first kappa shape index (κ1) is 26.7. The van der Waals surface area contributed by atoms with E-state index in [9.17, 15) is 0 Å². The Morgan fingerprint density at radius 3 is 2.59 bits per heavy atom. The van der Waals surface area contributed by atoms with E-state index in [0.717, 1.165) is 37.4 Å². The number of allylic oxidation sites excluding steroid dienone is 3. The summed E-state index contributed by atoms with van der Waals surface area (Å²) in [5.41, 5.74) is 5.58. The Labute approximate surface area is 237 Å². The van der Waals surface area contributed by atoms with Gasteiger partial charge >= 0.3 is 0 Å². The van der Waals surface area contributed by atoms with Crippen molar-refractivity contribution >= 4 is 14.5 Å². The van der Waals surface area contributed by atoms with Crippen molar-refractivity contribution in [3.05, 3.63) is 101 Å². The van der Waals surface area contributed by atoms with Gasteiger partial charge in [0.15, 0.2) is 11.5 Å². The molecule has 2 heterocycles. The first-order chi connectivity index (χ1) is 18.9. The van der Waals surface area contributed by atoms with Gasteiger partial charge in [0, 0.05) is 42.4 Å². The smallest absolute Gasteiger partial charge is 0.163 e. The van der Waals surface area contributed by atoms with Gasteiger partial charge in [-0.1, -0.05) is 74.9 Å². The monoisotopic (exact) mass is 542 g/mol. The molecule has 3 atom stereocenters. The van der Waals surface area contributed by atoms with Crippen molar-refractivity contribution in [3.8, 4) is 0 Å². The van der Waals surface area contributed by atoms with Gasteiger partial charge in [0.25, 0.3) is 0 Å². The molecule has 3 unspecified atom stereocenters. The van der Waals surface area contributed by atoms with Crippen LogP contribution in [-0.4, -0.2) is 48.2 Å². The molecular weight excluding hydrogens is 499 g/mol. The number of ether oxygens (including phenoxy) is 2. The standard InChI is InChI=1S/C34H43N2O2P/c1-34(2)22-30(21-32-33(23-34)38-17-16-37-32)36(29-18-26-11-12-31(39)20-27(26)19-29)15-13-28-10-6-7-14-35(28)24-25-8-4-3-5-9-25/h3-5,8-9,11-12,20-23,28-29H,6-7,10,13-19,24,39H2,1-2H3. The Bertz CT molecular complexity index is 1270. The Kier molecular flexibility index (Phi) is 7.87. The Balaban J connectivity index is 1.27. The van der Waals surface area contributed by atoms with Gasteiger partial charge in [-0.25, -0.2) is 0 Å². The van der Waals surface area contributed by atoms with Gasteiger partial charge in [-0.2, -0.15) is 0 Å². The Morgan fingerprint density at radius 2 is 1.74 bits per heavy atom. The normalized spacial score (nSPS) is 24.2. The molecule has 2 aliphatic heterocycles. The fraction of sp³-hybridized carbons (Fsp3) is 0.471. The molecule has 4 nitrogen and oxygen atoms in total. The van der Waals surface area contributed by atoms with Gasteiger partial charge < -0.3 is 14.4 Å². The van der Waals surface area contributed by atoms with Crippen molar-refractivity contribution in [2.75, 3.05) is 26.3 Å². The average Bonchev–Trinajstić information content (AvgIpc) is 3.27. The molecule has 2 aromatic rings. The minimum Gasteiger partial charge on any atom is -0.486 e. The molecule has 5 heteroatoms. The molecule has 0 radical (unpaired) electrons. The van der Waals surface area contributed by atoms with E-state index in [2.05, 4.69) is 99.6 Å². The minimum atomic E-state index is -0.120. The van der Waals surface area contributed by atoms with E-state index >= 15 is 0 Å². The summed E-state index contributed by atoms with van der Waals surface area (Å²) in [5.74, 6) is 1.77. The van der Waals surface area contributed by atoms with Crippen LogP contribution in [0, 0.1) is 5.41 Å². The van der Waals surface area contributed by atoms with Crippen LogP contribution in [0.1, 0.15) is 56.2 Å². The SMILES string of the molecule is CC1(C)C=C2OCCOC2=CC(N(CCC2CCCCN2Cc2ccccc2)C2Cc3ccc(P)cc3C2)=C1. The highest BCUT2D eigenvalue weighted by atomic mass is 31.0. The van der Waals surface area contributed by atoms with E-state index in [1.807, 2.05) is 0 Å². The summed E-state index contributed by atoms with van der Waals surface area (Å²) in [4.78, 5) is 5.45. The topological polar surface area (TPSA) is 24.9 Å². The van der Waals surface area contributed by atoms with E-state index in [1.54, 1.807) is 0 Å². The van der Waals surface area contributed by atoms with Crippen molar-refractivity contribution in [2.24, 2.45) is 5.41 Å². The minimum absolute atomic E-state index is 0.120. The molecule has 2 saturated heterocycles. The van der Waals surface area contributed by atoms with Gasteiger partial charge in [-0.05, 0) is 66.7 Å². The van der Waals surface area contributed by atoms with Crippen LogP contribution < -0.4 is 5.30 Å². The summed E-state index contributed by atoms with van der Waals surface area (Å²) in [5, 5.41) is 1.28. The third kappa shape index (κ3) is 6.28. The van der Waals surface area contributed by atoms with Crippen molar-refractivity contribution in [2.45, 2.75) is 71.0 Å². The second-order valence-corrected chi connectivity index (χ2v) is 12.9. The van der Waals surface area contributed by atoms with Gasteiger partial charge in [-0.3, -0.25) is 4.90 Å². The number of benzene rings is 2. The lowest BCUT2D eigenvalue weighted by atomic mass is 9.91. The quantitative estimate of drug-likeness (QED) is 0.393. The average molecular weight is 543 g/mol. The van der Waals surface area contributed by atoms with Crippen molar-refractivity contribution in [1.82, 2.24) is 9.80 Å². The third-order valence-electron chi connectivity index (χ3n) is 8.74. The highest BCUT2D eigenvalue weighted by Crippen LogP contribution is 2.37. The van der Waals surface area contributed by atoms with Crippen LogP contribution >= 0.6 is 9.24 Å². The summed E-state index contributed by atoms with van der Waals surface area (Å²) in [6.07, 6.45) is 14.2. The fourth-order valence-corrected chi connectivity index (χ4v) is 7.13. The molecule has 2 aliphatic carbocycles. The van der Waals surface area contributed by atoms with Crippen LogP contribution in [0.15, 0.2) is 84.0 Å². The maximum Gasteiger partial charge on any atom is 0.163 e. The number of likely N-dealkylation sites (tertiary alicyclic amines) is 1. The third-order valence-corrected chi connectivity index (χ3v) is 9.10. The second-order valence-electron chi connectivity index (χ2n) is 12.3. The van der Waals surface area contributed by atoms with Crippen molar-refractivity contribution in [1.29, 1.82) is 0 Å². The predicted octanol–water partition coefficient (Wildman–Crippen LogP) is 6.14. The highest BCUT2D eigenvalue weighted by Gasteiger charge is 2.33. The molecule has 0 N–H and O–H groups in total. The first-order valence-corrected chi connectivity index (χ1v) is 15.4. The van der Waals surface area contributed by atoms with E-state index in [4.69, 9.17) is 9.47 Å². The summed E-state index contributed by atoms with van der Waals surface area (Å²) in [6.45, 7) is 9.08. The molecule has 0 aromatic heterocycles. The number of hydrogen-bond acceptors (Lipinski definition) is 4. The molecule has 4 aliphatic rings. The van der Waals surface area contributed by atoms with E-state index in [-0.39, 0.29) is 5.41 Å². The molecule has 0 spiro atoms. The molecule has 6 rings (SSSR count). The van der Waals surface area contributed by atoms with Gasteiger partial charge in [0.05, 0.1) is 0 Å². The summed E-state index contributed by atoms with van der Waals surface area (Å²) in [6, 6.07) is 19.0. The van der Waals surface area contributed by atoms with Crippen LogP contribution in [0.3, 0.4) is 0 Å². The number of piperidine rings is 1. The lowest BCUT2D eigenvalue weighted by Crippen LogP contribution is -2.43. The van der Waals surface area contributed by atoms with Gasteiger partial charge in [0.1, 0.15) is 13.2 Å². The lowest BCUT2D eigenvalue weighted by Gasteiger charge is -2.39. The van der Waals surface area contributed by atoms with Crippen molar-refractivity contribution < 1.29 is 9.47 Å². The second kappa shape index (κ2) is 11.5.